The molecule has 114 valence electrons. The minimum atomic E-state index is -1.44. The predicted octanol–water partition coefficient (Wildman–Crippen LogP) is 2.74. The molecule has 2 rings (SSSR count). The second-order valence-electron chi connectivity index (χ2n) is 4.95. The van der Waals surface area contributed by atoms with Gasteiger partial charge in [-0.25, -0.2) is 13.2 Å². The number of halogens is 3. The van der Waals surface area contributed by atoms with Crippen molar-refractivity contribution in [2.24, 2.45) is 0 Å². The molecule has 1 aromatic carbocycles. The van der Waals surface area contributed by atoms with Crippen LogP contribution in [0.1, 0.15) is 24.7 Å². The van der Waals surface area contributed by atoms with Crippen molar-refractivity contribution in [3.05, 3.63) is 47.3 Å². The summed E-state index contributed by atoms with van der Waals surface area (Å²) in [6.45, 7) is 3.44. The first-order valence-electron chi connectivity index (χ1n) is 6.70. The highest BCUT2D eigenvalue weighted by molar-refractivity contribution is 5.20. The molecule has 4 nitrogen and oxygen atoms in total. The Hall–Kier alpha value is -1.89. The van der Waals surface area contributed by atoms with Crippen molar-refractivity contribution in [1.82, 2.24) is 19.7 Å². The number of aryl methyl sites for hydroxylation is 1. The normalized spacial score (nSPS) is 11.3. The zero-order valence-corrected chi connectivity index (χ0v) is 12.0. The van der Waals surface area contributed by atoms with Gasteiger partial charge in [0.05, 0.1) is 6.54 Å². The first-order chi connectivity index (χ1) is 10.0. The number of aromatic nitrogens is 3. The van der Waals surface area contributed by atoms with E-state index in [4.69, 9.17) is 0 Å². The highest BCUT2D eigenvalue weighted by Crippen LogP contribution is 2.17. The van der Waals surface area contributed by atoms with E-state index < -0.39 is 17.5 Å². The van der Waals surface area contributed by atoms with Gasteiger partial charge in [-0.3, -0.25) is 4.90 Å². The van der Waals surface area contributed by atoms with Crippen molar-refractivity contribution in [1.29, 1.82) is 0 Å². The molecule has 2 aromatic rings. The third-order valence-electron chi connectivity index (χ3n) is 3.13. The maximum absolute atomic E-state index is 13.6. The molecular weight excluding hydrogens is 281 g/mol. The Morgan fingerprint density at radius 2 is 1.90 bits per heavy atom. The molecule has 0 aliphatic rings. The Bertz CT molecular complexity index is 612. The van der Waals surface area contributed by atoms with Crippen LogP contribution < -0.4 is 0 Å². The predicted molar refractivity (Wildman–Crippen MR) is 71.8 cm³/mol. The molecule has 0 spiro atoms. The lowest BCUT2D eigenvalue weighted by Crippen LogP contribution is -2.21. The van der Waals surface area contributed by atoms with Crippen LogP contribution in [-0.4, -0.2) is 26.7 Å². The van der Waals surface area contributed by atoms with Crippen LogP contribution in [0.2, 0.25) is 0 Å². The summed E-state index contributed by atoms with van der Waals surface area (Å²) in [6, 6.07) is 2.18. The Morgan fingerprint density at radius 1 is 1.14 bits per heavy atom. The van der Waals surface area contributed by atoms with E-state index >= 15 is 0 Å². The molecule has 0 bridgehead atoms. The van der Waals surface area contributed by atoms with Crippen LogP contribution in [0.25, 0.3) is 0 Å². The second kappa shape index (κ2) is 6.71. The van der Waals surface area contributed by atoms with Crippen LogP contribution in [0.15, 0.2) is 18.5 Å². The molecule has 0 unspecified atom stereocenters. The standard InChI is InChI=1S/C14H17F3N4/c1-3-6-21-9-18-19-12(21)8-20(2)7-10-4-5-11(15)14(17)13(10)16/h4-5,9H,3,6-8H2,1-2H3. The number of nitrogens with zero attached hydrogens (tertiary/aromatic N) is 4. The first-order valence-corrected chi connectivity index (χ1v) is 6.70. The van der Waals surface area contributed by atoms with E-state index in [0.717, 1.165) is 24.9 Å². The van der Waals surface area contributed by atoms with Gasteiger partial charge in [0.15, 0.2) is 17.5 Å². The average molecular weight is 298 g/mol. The van der Waals surface area contributed by atoms with Gasteiger partial charge in [-0.15, -0.1) is 10.2 Å². The van der Waals surface area contributed by atoms with E-state index in [1.54, 1.807) is 18.3 Å². The van der Waals surface area contributed by atoms with Crippen molar-refractivity contribution in [2.45, 2.75) is 33.0 Å². The summed E-state index contributed by atoms with van der Waals surface area (Å²) >= 11 is 0. The molecule has 0 fully saturated rings. The maximum atomic E-state index is 13.6. The Balaban J connectivity index is 2.06. The molecule has 0 radical (unpaired) electrons. The van der Waals surface area contributed by atoms with Crippen LogP contribution in [0, 0.1) is 17.5 Å². The van der Waals surface area contributed by atoms with Gasteiger partial charge in [-0.1, -0.05) is 13.0 Å². The number of benzene rings is 1. The van der Waals surface area contributed by atoms with E-state index in [1.165, 1.54) is 6.07 Å². The SMILES string of the molecule is CCCn1cnnc1CN(C)Cc1ccc(F)c(F)c1F. The number of rotatable bonds is 6. The van der Waals surface area contributed by atoms with Gasteiger partial charge in [0.1, 0.15) is 12.2 Å². The van der Waals surface area contributed by atoms with Gasteiger partial charge in [0.25, 0.3) is 0 Å². The fraction of sp³-hybridized carbons (Fsp3) is 0.429. The van der Waals surface area contributed by atoms with Gasteiger partial charge < -0.3 is 4.57 Å². The fourth-order valence-electron chi connectivity index (χ4n) is 2.11. The van der Waals surface area contributed by atoms with Crippen molar-refractivity contribution in [2.75, 3.05) is 7.05 Å². The van der Waals surface area contributed by atoms with E-state index in [9.17, 15) is 13.2 Å². The molecule has 0 amide bonds. The van der Waals surface area contributed by atoms with Crippen molar-refractivity contribution in [3.63, 3.8) is 0 Å². The largest absolute Gasteiger partial charge is 0.317 e. The molecule has 1 aromatic heterocycles. The molecule has 7 heteroatoms. The maximum Gasteiger partial charge on any atom is 0.194 e. The highest BCUT2D eigenvalue weighted by Gasteiger charge is 2.15. The number of hydrogen-bond donors (Lipinski definition) is 0. The van der Waals surface area contributed by atoms with E-state index in [0.29, 0.717) is 6.54 Å². The molecule has 0 aliphatic heterocycles. The van der Waals surface area contributed by atoms with Gasteiger partial charge in [-0.2, -0.15) is 0 Å². The quantitative estimate of drug-likeness (QED) is 0.769. The Kier molecular flexibility index (Phi) is 4.95. The van der Waals surface area contributed by atoms with Crippen LogP contribution in [0.3, 0.4) is 0 Å². The lowest BCUT2D eigenvalue weighted by atomic mass is 10.2. The minimum absolute atomic E-state index is 0.109. The zero-order valence-electron chi connectivity index (χ0n) is 12.0. The molecule has 0 aliphatic carbocycles. The minimum Gasteiger partial charge on any atom is -0.317 e. The lowest BCUT2D eigenvalue weighted by molar-refractivity contribution is 0.296. The number of hydrogen-bond acceptors (Lipinski definition) is 3. The summed E-state index contributed by atoms with van der Waals surface area (Å²) in [6.07, 6.45) is 2.59. The van der Waals surface area contributed by atoms with Gasteiger partial charge in [-0.05, 0) is 19.5 Å². The topological polar surface area (TPSA) is 34.0 Å². The lowest BCUT2D eigenvalue weighted by Gasteiger charge is -2.17. The molecule has 21 heavy (non-hydrogen) atoms. The molecular formula is C14H17F3N4. The molecule has 0 saturated carbocycles. The van der Waals surface area contributed by atoms with Gasteiger partial charge in [0.2, 0.25) is 0 Å². The summed E-state index contributed by atoms with van der Waals surface area (Å²) in [5, 5.41) is 7.86. The van der Waals surface area contributed by atoms with Crippen LogP contribution in [-0.2, 0) is 19.6 Å². The third kappa shape index (κ3) is 3.60. The second-order valence-corrected chi connectivity index (χ2v) is 4.95. The fourth-order valence-corrected chi connectivity index (χ4v) is 2.11. The van der Waals surface area contributed by atoms with E-state index in [2.05, 4.69) is 10.2 Å². The third-order valence-corrected chi connectivity index (χ3v) is 3.13. The summed E-state index contributed by atoms with van der Waals surface area (Å²) in [4.78, 5) is 1.77. The van der Waals surface area contributed by atoms with Crippen molar-refractivity contribution in [3.8, 4) is 0 Å². The smallest absolute Gasteiger partial charge is 0.194 e. The zero-order chi connectivity index (χ0) is 15.4. The summed E-state index contributed by atoms with van der Waals surface area (Å²) in [5.41, 5.74) is 0.109. The van der Waals surface area contributed by atoms with E-state index in [1.807, 2.05) is 11.5 Å². The average Bonchev–Trinajstić information content (AvgIpc) is 2.87. The van der Waals surface area contributed by atoms with E-state index in [-0.39, 0.29) is 12.1 Å². The Morgan fingerprint density at radius 3 is 2.62 bits per heavy atom. The van der Waals surface area contributed by atoms with Crippen LogP contribution in [0.5, 0.6) is 0 Å². The van der Waals surface area contributed by atoms with Crippen LogP contribution in [0.4, 0.5) is 13.2 Å². The summed E-state index contributed by atoms with van der Waals surface area (Å²) in [5.74, 6) is -3.00. The van der Waals surface area contributed by atoms with Gasteiger partial charge in [0, 0.05) is 18.7 Å². The molecule has 0 N–H and O–H groups in total. The van der Waals surface area contributed by atoms with Gasteiger partial charge >= 0.3 is 0 Å². The monoisotopic (exact) mass is 298 g/mol. The highest BCUT2D eigenvalue weighted by atomic mass is 19.2. The van der Waals surface area contributed by atoms with Crippen molar-refractivity contribution >= 4 is 0 Å². The molecule has 1 heterocycles. The van der Waals surface area contributed by atoms with Crippen LogP contribution >= 0.6 is 0 Å². The first kappa shape index (κ1) is 15.5. The van der Waals surface area contributed by atoms with Crippen molar-refractivity contribution < 1.29 is 13.2 Å². The Labute approximate surface area is 121 Å². The molecule has 0 saturated heterocycles. The molecule has 0 atom stereocenters. The summed E-state index contributed by atoms with van der Waals surface area (Å²) in [7, 11) is 1.76. The summed E-state index contributed by atoms with van der Waals surface area (Å²) < 4.78 is 41.6.